The fourth-order valence-electron chi connectivity index (χ4n) is 4.55. The van der Waals surface area contributed by atoms with Crippen LogP contribution in [0.3, 0.4) is 0 Å². The summed E-state index contributed by atoms with van der Waals surface area (Å²) in [6.07, 6.45) is 0.365. The van der Waals surface area contributed by atoms with Gasteiger partial charge in [0.25, 0.3) is 5.91 Å². The molecule has 2 aromatic carbocycles. The third-order valence-corrected chi connectivity index (χ3v) is 8.20. The molecule has 0 radical (unpaired) electrons. The Balaban J connectivity index is 1.73. The van der Waals surface area contributed by atoms with Crippen molar-refractivity contribution in [3.63, 3.8) is 0 Å². The van der Waals surface area contributed by atoms with Crippen LogP contribution in [-0.4, -0.2) is 36.8 Å². The Labute approximate surface area is 200 Å². The minimum Gasteiger partial charge on any atom is -0.450 e. The quantitative estimate of drug-likeness (QED) is 0.546. The van der Waals surface area contributed by atoms with E-state index in [0.717, 1.165) is 16.7 Å². The zero-order chi connectivity index (χ0) is 24.8. The molecule has 2 heterocycles. The summed E-state index contributed by atoms with van der Waals surface area (Å²) in [6.45, 7) is 10.4. The standard InChI is InChI=1S/C27H31NO5S/c1-17-12-18(2)25-22(13-17)23(29)14-24(33-25)26(30)28(21-10-11-34(31,32)16-21)15-19-6-8-20(9-7-19)27(3,4)5/h6-9,12-14,21H,10-11,15-16H2,1-5H3/t21-/m1/s1. The number of amides is 1. The first kappa shape index (κ1) is 24.2. The molecule has 1 aromatic heterocycles. The van der Waals surface area contributed by atoms with E-state index in [1.54, 1.807) is 11.0 Å². The second kappa shape index (κ2) is 8.69. The Morgan fingerprint density at radius 2 is 1.76 bits per heavy atom. The number of hydrogen-bond donors (Lipinski definition) is 0. The number of rotatable bonds is 4. The van der Waals surface area contributed by atoms with E-state index in [-0.39, 0.29) is 34.7 Å². The van der Waals surface area contributed by atoms with Crippen molar-refractivity contribution in [1.82, 2.24) is 4.90 Å². The topological polar surface area (TPSA) is 84.7 Å². The number of carbonyl (C=O) groups excluding carboxylic acids is 1. The number of nitrogens with zero attached hydrogens (tertiary/aromatic N) is 1. The highest BCUT2D eigenvalue weighted by atomic mass is 32.2. The molecule has 0 spiro atoms. The summed E-state index contributed by atoms with van der Waals surface area (Å²) < 4.78 is 30.4. The molecule has 7 heteroatoms. The van der Waals surface area contributed by atoms with Crippen molar-refractivity contribution in [2.45, 2.75) is 59.0 Å². The highest BCUT2D eigenvalue weighted by molar-refractivity contribution is 7.91. The summed E-state index contributed by atoms with van der Waals surface area (Å²) in [5.41, 5.74) is 3.87. The minimum atomic E-state index is -3.22. The van der Waals surface area contributed by atoms with E-state index in [1.807, 2.05) is 44.2 Å². The molecule has 0 bridgehead atoms. The van der Waals surface area contributed by atoms with E-state index >= 15 is 0 Å². The van der Waals surface area contributed by atoms with Crippen molar-refractivity contribution >= 4 is 26.7 Å². The van der Waals surface area contributed by atoms with Crippen LogP contribution in [0.25, 0.3) is 11.0 Å². The molecule has 1 amide bonds. The van der Waals surface area contributed by atoms with Crippen LogP contribution in [0, 0.1) is 13.8 Å². The van der Waals surface area contributed by atoms with Crippen LogP contribution >= 0.6 is 0 Å². The average molecular weight is 482 g/mol. The first-order chi connectivity index (χ1) is 15.8. The van der Waals surface area contributed by atoms with Gasteiger partial charge in [0.2, 0.25) is 0 Å². The molecule has 1 fully saturated rings. The first-order valence-electron chi connectivity index (χ1n) is 11.5. The zero-order valence-electron chi connectivity index (χ0n) is 20.3. The number of hydrogen-bond acceptors (Lipinski definition) is 5. The maximum Gasteiger partial charge on any atom is 0.290 e. The lowest BCUT2D eigenvalue weighted by Crippen LogP contribution is -2.41. The summed E-state index contributed by atoms with van der Waals surface area (Å²) in [5, 5.41) is 0.432. The van der Waals surface area contributed by atoms with Crippen LogP contribution in [-0.2, 0) is 21.8 Å². The molecule has 1 atom stereocenters. The molecule has 180 valence electrons. The largest absolute Gasteiger partial charge is 0.450 e. The van der Waals surface area contributed by atoms with Gasteiger partial charge in [0.05, 0.1) is 16.9 Å². The Morgan fingerprint density at radius 1 is 1.09 bits per heavy atom. The Hall–Kier alpha value is -2.93. The molecule has 0 unspecified atom stereocenters. The van der Waals surface area contributed by atoms with Gasteiger partial charge in [-0.2, -0.15) is 0 Å². The maximum absolute atomic E-state index is 13.6. The van der Waals surface area contributed by atoms with Gasteiger partial charge in [0.15, 0.2) is 21.0 Å². The Bertz CT molecular complexity index is 1410. The summed E-state index contributed by atoms with van der Waals surface area (Å²) in [5.74, 6) is -0.583. The first-order valence-corrected chi connectivity index (χ1v) is 13.3. The van der Waals surface area contributed by atoms with Crippen LogP contribution in [0.5, 0.6) is 0 Å². The number of fused-ring (bicyclic) bond motifs is 1. The Kier molecular flexibility index (Phi) is 6.19. The predicted octanol–water partition coefficient (Wildman–Crippen LogP) is 4.54. The molecule has 34 heavy (non-hydrogen) atoms. The second-order valence-electron chi connectivity index (χ2n) is 10.4. The van der Waals surface area contributed by atoms with Gasteiger partial charge in [0, 0.05) is 18.7 Å². The molecule has 4 rings (SSSR count). The third kappa shape index (κ3) is 4.94. The summed E-state index contributed by atoms with van der Waals surface area (Å²) in [4.78, 5) is 28.0. The lowest BCUT2D eigenvalue weighted by Gasteiger charge is -2.28. The number of sulfone groups is 1. The molecule has 1 aliphatic rings. The summed E-state index contributed by atoms with van der Waals surface area (Å²) in [6, 6.07) is 12.4. The fourth-order valence-corrected chi connectivity index (χ4v) is 6.28. The van der Waals surface area contributed by atoms with Crippen LogP contribution in [0.15, 0.2) is 51.7 Å². The predicted molar refractivity (Wildman–Crippen MR) is 134 cm³/mol. The SMILES string of the molecule is Cc1cc(C)c2oc(C(=O)N(Cc3ccc(C(C)(C)C)cc3)[C@@H]3CCS(=O)(=O)C3)cc(=O)c2c1. The smallest absolute Gasteiger partial charge is 0.290 e. The molecular weight excluding hydrogens is 450 g/mol. The molecule has 1 aliphatic heterocycles. The van der Waals surface area contributed by atoms with Crippen molar-refractivity contribution < 1.29 is 17.6 Å². The molecule has 0 aliphatic carbocycles. The number of aryl methyl sites for hydroxylation is 2. The van der Waals surface area contributed by atoms with Gasteiger partial charge in [-0.15, -0.1) is 0 Å². The fraction of sp³-hybridized carbons (Fsp3) is 0.407. The van der Waals surface area contributed by atoms with Crippen molar-refractivity contribution in [3.8, 4) is 0 Å². The van der Waals surface area contributed by atoms with E-state index < -0.39 is 21.8 Å². The van der Waals surface area contributed by atoms with E-state index in [9.17, 15) is 18.0 Å². The van der Waals surface area contributed by atoms with Gasteiger partial charge in [-0.25, -0.2) is 8.42 Å². The summed E-state index contributed by atoms with van der Waals surface area (Å²) >= 11 is 0. The molecule has 0 N–H and O–H groups in total. The highest BCUT2D eigenvalue weighted by Crippen LogP contribution is 2.26. The van der Waals surface area contributed by atoms with Crippen molar-refractivity contribution in [1.29, 1.82) is 0 Å². The molecule has 0 saturated carbocycles. The zero-order valence-corrected chi connectivity index (χ0v) is 21.2. The number of carbonyl (C=O) groups is 1. The van der Waals surface area contributed by atoms with E-state index in [4.69, 9.17) is 4.42 Å². The van der Waals surface area contributed by atoms with Crippen molar-refractivity contribution in [3.05, 3.63) is 80.7 Å². The van der Waals surface area contributed by atoms with Gasteiger partial charge in [0.1, 0.15) is 5.58 Å². The van der Waals surface area contributed by atoms with E-state index in [2.05, 4.69) is 20.8 Å². The van der Waals surface area contributed by atoms with E-state index in [0.29, 0.717) is 17.4 Å². The monoisotopic (exact) mass is 481 g/mol. The highest BCUT2D eigenvalue weighted by Gasteiger charge is 2.36. The second-order valence-corrected chi connectivity index (χ2v) is 12.6. The molecular formula is C27H31NO5S. The molecule has 6 nitrogen and oxygen atoms in total. The van der Waals surface area contributed by atoms with Crippen LogP contribution in [0.1, 0.15) is 60.0 Å². The van der Waals surface area contributed by atoms with E-state index in [1.165, 1.54) is 11.6 Å². The normalized spacial score (nSPS) is 17.7. The molecule has 1 saturated heterocycles. The van der Waals surface area contributed by atoms with Crippen molar-refractivity contribution in [2.75, 3.05) is 11.5 Å². The van der Waals surface area contributed by atoms with Crippen molar-refractivity contribution in [2.24, 2.45) is 0 Å². The van der Waals surface area contributed by atoms with Crippen LogP contribution < -0.4 is 5.43 Å². The van der Waals surface area contributed by atoms with Gasteiger partial charge in [-0.05, 0) is 54.0 Å². The third-order valence-electron chi connectivity index (χ3n) is 6.45. The molecule has 3 aromatic rings. The van der Waals surface area contributed by atoms with Crippen LogP contribution in [0.2, 0.25) is 0 Å². The summed E-state index contributed by atoms with van der Waals surface area (Å²) in [7, 11) is -3.22. The van der Waals surface area contributed by atoms with Gasteiger partial charge < -0.3 is 9.32 Å². The van der Waals surface area contributed by atoms with Gasteiger partial charge >= 0.3 is 0 Å². The minimum absolute atomic E-state index is 0.00170. The van der Waals surface area contributed by atoms with Gasteiger partial charge in [-0.3, -0.25) is 9.59 Å². The average Bonchev–Trinajstić information content (AvgIpc) is 3.11. The Morgan fingerprint density at radius 3 is 2.35 bits per heavy atom. The van der Waals surface area contributed by atoms with Gasteiger partial charge in [-0.1, -0.05) is 51.1 Å². The van der Waals surface area contributed by atoms with Crippen LogP contribution in [0.4, 0.5) is 0 Å². The maximum atomic E-state index is 13.6. The lowest BCUT2D eigenvalue weighted by atomic mass is 9.86. The number of benzene rings is 2. The lowest BCUT2D eigenvalue weighted by molar-refractivity contribution is 0.0648.